The number of allylic oxidation sites excluding steroid dienone is 1. The lowest BCUT2D eigenvalue weighted by Crippen LogP contribution is -2.16. The highest BCUT2D eigenvalue weighted by Crippen LogP contribution is 2.32. The number of pyridine rings is 1. The quantitative estimate of drug-likeness (QED) is 0.279. The maximum atomic E-state index is 10.6. The third kappa shape index (κ3) is 5.52. The van der Waals surface area contributed by atoms with E-state index in [2.05, 4.69) is 55.9 Å². The number of carbonyl (C=O) groups is 1. The van der Waals surface area contributed by atoms with Crippen LogP contribution in [0.5, 0.6) is 0 Å². The second-order valence-corrected chi connectivity index (χ2v) is 9.30. The molecule has 32 heavy (non-hydrogen) atoms. The molecule has 3 N–H and O–H groups in total. The predicted molar refractivity (Wildman–Crippen MR) is 131 cm³/mol. The monoisotopic (exact) mass is 431 g/mol. The normalized spacial score (nSPS) is 13.0. The van der Waals surface area contributed by atoms with Gasteiger partial charge in [-0.25, -0.2) is 9.78 Å². The summed E-state index contributed by atoms with van der Waals surface area (Å²) in [6.45, 7) is 8.73. The molecule has 5 heteroatoms. The van der Waals surface area contributed by atoms with Gasteiger partial charge in [0.15, 0.2) is 0 Å². The van der Waals surface area contributed by atoms with Crippen LogP contribution in [-0.4, -0.2) is 26.8 Å². The first-order valence-electron chi connectivity index (χ1n) is 11.2. The second kappa shape index (κ2) is 9.94. The highest BCUT2D eigenvalue weighted by molar-refractivity contribution is 5.89. The maximum absolute atomic E-state index is 10.6. The molecule has 0 aliphatic carbocycles. The standard InChI is InChI=1S/C27H33N3O2/c1-5-20(19-13-11-18(12-14-19)8-6-10-24(31)32)23(28)16-15-21-22-9-7-17-29-26(22)30-25(21)27(2,3)4/h6-7,9-14,17,20,28H,5,8,15-16H2,1-4H3,(H,29,30)(H,31,32)/b10-6+,28-23?/t20-/m0/s1. The molecule has 0 fully saturated rings. The molecule has 1 aromatic carbocycles. The number of nitrogens with zero attached hydrogens (tertiary/aromatic N) is 1. The van der Waals surface area contributed by atoms with E-state index in [-0.39, 0.29) is 11.3 Å². The smallest absolute Gasteiger partial charge is 0.327 e. The van der Waals surface area contributed by atoms with Crippen LogP contribution in [0.15, 0.2) is 54.7 Å². The number of aliphatic carboxylic acids is 1. The molecule has 5 nitrogen and oxygen atoms in total. The summed E-state index contributed by atoms with van der Waals surface area (Å²) in [7, 11) is 0. The molecule has 0 spiro atoms. The molecule has 0 radical (unpaired) electrons. The van der Waals surface area contributed by atoms with Gasteiger partial charge in [-0.05, 0) is 54.5 Å². The molecule has 168 valence electrons. The highest BCUT2D eigenvalue weighted by atomic mass is 16.4. The van der Waals surface area contributed by atoms with Gasteiger partial charge in [-0.2, -0.15) is 0 Å². The third-order valence-corrected chi connectivity index (χ3v) is 5.90. The van der Waals surface area contributed by atoms with Crippen molar-refractivity contribution in [1.29, 1.82) is 5.41 Å². The maximum Gasteiger partial charge on any atom is 0.327 e. The van der Waals surface area contributed by atoms with Gasteiger partial charge in [0.05, 0.1) is 0 Å². The Morgan fingerprint density at radius 1 is 1.22 bits per heavy atom. The number of rotatable bonds is 9. The van der Waals surface area contributed by atoms with Crippen molar-refractivity contribution >= 4 is 22.7 Å². The Hall–Kier alpha value is -3.21. The van der Waals surface area contributed by atoms with Crippen LogP contribution in [0.2, 0.25) is 0 Å². The van der Waals surface area contributed by atoms with Gasteiger partial charge >= 0.3 is 5.97 Å². The first kappa shape index (κ1) is 23.5. The van der Waals surface area contributed by atoms with E-state index in [1.807, 2.05) is 24.4 Å². The molecule has 0 aliphatic heterocycles. The summed E-state index contributed by atoms with van der Waals surface area (Å²) in [5.41, 5.74) is 6.30. The van der Waals surface area contributed by atoms with Crippen LogP contribution >= 0.6 is 0 Å². The molecule has 3 aromatic rings. The van der Waals surface area contributed by atoms with E-state index >= 15 is 0 Å². The molecule has 3 rings (SSSR count). The Labute approximate surface area is 190 Å². The topological polar surface area (TPSA) is 89.8 Å². The zero-order valence-electron chi connectivity index (χ0n) is 19.4. The molecular weight excluding hydrogens is 398 g/mol. The first-order valence-corrected chi connectivity index (χ1v) is 11.2. The van der Waals surface area contributed by atoms with Crippen LogP contribution in [0.3, 0.4) is 0 Å². The van der Waals surface area contributed by atoms with Gasteiger partial charge in [0, 0.05) is 40.4 Å². The summed E-state index contributed by atoms with van der Waals surface area (Å²) in [5, 5.41) is 18.7. The van der Waals surface area contributed by atoms with Crippen molar-refractivity contribution in [1.82, 2.24) is 9.97 Å². The van der Waals surface area contributed by atoms with E-state index in [4.69, 9.17) is 10.5 Å². The number of carboxylic acids is 1. The van der Waals surface area contributed by atoms with E-state index in [0.717, 1.165) is 40.7 Å². The van der Waals surface area contributed by atoms with Crippen LogP contribution in [-0.2, 0) is 23.1 Å². The van der Waals surface area contributed by atoms with Crippen LogP contribution in [0, 0.1) is 5.41 Å². The summed E-state index contributed by atoms with van der Waals surface area (Å²) in [4.78, 5) is 18.6. The Balaban J connectivity index is 1.74. The number of aromatic nitrogens is 2. The van der Waals surface area contributed by atoms with Crippen LogP contribution in [0.4, 0.5) is 0 Å². The number of hydrogen-bond acceptors (Lipinski definition) is 3. The van der Waals surface area contributed by atoms with Crippen molar-refractivity contribution in [3.05, 3.63) is 77.1 Å². The van der Waals surface area contributed by atoms with Gasteiger partial charge in [0.1, 0.15) is 5.65 Å². The Bertz CT molecular complexity index is 1120. The fourth-order valence-corrected chi connectivity index (χ4v) is 4.28. The number of aryl methyl sites for hydroxylation is 1. The average molecular weight is 432 g/mol. The molecule has 0 bridgehead atoms. The van der Waals surface area contributed by atoms with Crippen LogP contribution in [0.25, 0.3) is 11.0 Å². The molecule has 0 saturated heterocycles. The zero-order chi connectivity index (χ0) is 23.3. The summed E-state index contributed by atoms with van der Waals surface area (Å²) in [6.07, 6.45) is 7.61. The molecule has 2 heterocycles. The van der Waals surface area contributed by atoms with Gasteiger partial charge in [-0.15, -0.1) is 0 Å². The van der Waals surface area contributed by atoms with Crippen molar-refractivity contribution in [3.8, 4) is 0 Å². The average Bonchev–Trinajstić information content (AvgIpc) is 3.13. The molecule has 0 amide bonds. The van der Waals surface area contributed by atoms with E-state index in [1.165, 1.54) is 17.3 Å². The number of carboxylic acid groups (broad SMARTS) is 1. The van der Waals surface area contributed by atoms with Crippen molar-refractivity contribution < 1.29 is 9.90 Å². The second-order valence-electron chi connectivity index (χ2n) is 9.30. The number of fused-ring (bicyclic) bond motifs is 1. The largest absolute Gasteiger partial charge is 0.478 e. The predicted octanol–water partition coefficient (Wildman–Crippen LogP) is 6.19. The van der Waals surface area contributed by atoms with Crippen molar-refractivity contribution in [2.45, 2.75) is 64.7 Å². The lowest BCUT2D eigenvalue weighted by atomic mass is 9.85. The van der Waals surface area contributed by atoms with Gasteiger partial charge in [0.2, 0.25) is 0 Å². The van der Waals surface area contributed by atoms with Crippen molar-refractivity contribution in [2.75, 3.05) is 0 Å². The molecule has 1 atom stereocenters. The fourth-order valence-electron chi connectivity index (χ4n) is 4.28. The number of nitrogens with one attached hydrogen (secondary N) is 2. The van der Waals surface area contributed by atoms with E-state index in [1.54, 1.807) is 6.08 Å². The Morgan fingerprint density at radius 3 is 2.56 bits per heavy atom. The number of aromatic amines is 1. The van der Waals surface area contributed by atoms with Gasteiger partial charge < -0.3 is 15.5 Å². The number of H-pyrrole nitrogens is 1. The molecule has 0 unspecified atom stereocenters. The summed E-state index contributed by atoms with van der Waals surface area (Å²) < 4.78 is 0. The highest BCUT2D eigenvalue weighted by Gasteiger charge is 2.24. The lowest BCUT2D eigenvalue weighted by molar-refractivity contribution is -0.131. The molecule has 0 saturated carbocycles. The van der Waals surface area contributed by atoms with E-state index in [0.29, 0.717) is 12.8 Å². The van der Waals surface area contributed by atoms with Crippen LogP contribution < -0.4 is 0 Å². The van der Waals surface area contributed by atoms with Gasteiger partial charge in [0.25, 0.3) is 0 Å². The van der Waals surface area contributed by atoms with Gasteiger partial charge in [-0.3, -0.25) is 0 Å². The zero-order valence-corrected chi connectivity index (χ0v) is 19.4. The SMILES string of the molecule is CC[C@H](C(=N)CCc1c(C(C)(C)C)[nH]c2ncccc12)c1ccc(C/C=C/C(=O)O)cc1. The fraction of sp³-hybridized carbons (Fsp3) is 0.370. The summed E-state index contributed by atoms with van der Waals surface area (Å²) in [6, 6.07) is 12.3. The summed E-state index contributed by atoms with van der Waals surface area (Å²) in [5.74, 6) is -0.846. The minimum absolute atomic E-state index is 0.0205. The Kier molecular flexibility index (Phi) is 7.29. The van der Waals surface area contributed by atoms with Gasteiger partial charge in [-0.1, -0.05) is 58.0 Å². The minimum atomic E-state index is -0.929. The summed E-state index contributed by atoms with van der Waals surface area (Å²) >= 11 is 0. The van der Waals surface area contributed by atoms with Crippen LogP contribution in [0.1, 0.15) is 68.8 Å². The van der Waals surface area contributed by atoms with Crippen molar-refractivity contribution in [3.63, 3.8) is 0 Å². The molecular formula is C27H33N3O2. The number of benzene rings is 1. The van der Waals surface area contributed by atoms with E-state index < -0.39 is 5.97 Å². The molecule has 2 aromatic heterocycles. The minimum Gasteiger partial charge on any atom is -0.478 e. The van der Waals surface area contributed by atoms with Crippen molar-refractivity contribution in [2.24, 2.45) is 0 Å². The lowest BCUT2D eigenvalue weighted by Gasteiger charge is -2.21. The first-order chi connectivity index (χ1) is 15.2. The third-order valence-electron chi connectivity index (χ3n) is 5.90. The Morgan fingerprint density at radius 2 is 1.94 bits per heavy atom. The number of hydrogen-bond donors (Lipinski definition) is 3. The molecule has 0 aliphatic rings. The van der Waals surface area contributed by atoms with E-state index in [9.17, 15) is 4.79 Å².